The van der Waals surface area contributed by atoms with Crippen molar-refractivity contribution in [2.45, 2.75) is 58.4 Å². The van der Waals surface area contributed by atoms with Crippen LogP contribution in [0.15, 0.2) is 67.1 Å². The molecule has 4 aromatic rings. The Bertz CT molecular complexity index is 1430. The zero-order chi connectivity index (χ0) is 28.5. The van der Waals surface area contributed by atoms with Gasteiger partial charge in [-0.05, 0) is 61.4 Å². The SMILES string of the molecule is CC.COC(=O)Cc1cc(C2CC2)cn2cc(CNc3ccnc(NC(=O)C4CC4)c3)nc12.Clc1ccccc1. The standard InChI is InChI=1S/C23H25N5O3.C6H5Cl.C2H6/c1-31-21(29)9-16-8-17(14-2-3-14)12-28-13-19(26-22(16)28)11-25-18-6-7-24-20(10-18)27-23(30)15-4-5-15;7-6-4-2-1-3-5-6;1-2/h6-8,10,12-15H,2-5,9,11H2,1H3,(H2,24,25,27,30);1-5H;1-2H3. The molecular weight excluding hydrogens is 526 g/mol. The van der Waals surface area contributed by atoms with E-state index < -0.39 is 0 Å². The fourth-order valence-corrected chi connectivity index (χ4v) is 4.26. The number of benzene rings is 1. The highest BCUT2D eigenvalue weighted by Gasteiger charge is 2.29. The minimum Gasteiger partial charge on any atom is -0.469 e. The second-order valence-corrected chi connectivity index (χ2v) is 10.1. The lowest BCUT2D eigenvalue weighted by molar-refractivity contribution is -0.139. The van der Waals surface area contributed by atoms with Crippen LogP contribution in [0.4, 0.5) is 11.5 Å². The van der Waals surface area contributed by atoms with E-state index in [0.717, 1.165) is 40.5 Å². The van der Waals surface area contributed by atoms with Gasteiger partial charge in [0.2, 0.25) is 5.91 Å². The van der Waals surface area contributed by atoms with Crippen molar-refractivity contribution < 1.29 is 14.3 Å². The topological polar surface area (TPSA) is 97.6 Å². The number of carbonyl (C=O) groups excluding carboxylic acids is 2. The van der Waals surface area contributed by atoms with E-state index in [1.54, 1.807) is 6.20 Å². The average Bonchev–Trinajstić information content (AvgIpc) is 3.91. The Morgan fingerprint density at radius 3 is 2.42 bits per heavy atom. The Kier molecular flexibility index (Phi) is 10.1. The number of methoxy groups -OCH3 is 1. The number of anilines is 2. The third-order valence-electron chi connectivity index (χ3n) is 6.48. The molecule has 2 aliphatic carbocycles. The molecule has 0 bridgehead atoms. The van der Waals surface area contributed by atoms with Crippen LogP contribution in [-0.4, -0.2) is 33.4 Å². The Hall–Kier alpha value is -3.91. The van der Waals surface area contributed by atoms with Gasteiger partial charge in [-0.3, -0.25) is 9.59 Å². The minimum atomic E-state index is -0.268. The molecule has 1 amide bonds. The van der Waals surface area contributed by atoms with E-state index in [2.05, 4.69) is 27.9 Å². The molecule has 0 saturated heterocycles. The van der Waals surface area contributed by atoms with Gasteiger partial charge in [0, 0.05) is 46.8 Å². The summed E-state index contributed by atoms with van der Waals surface area (Å²) in [5.74, 6) is 1.03. The van der Waals surface area contributed by atoms with Gasteiger partial charge in [0.1, 0.15) is 11.5 Å². The van der Waals surface area contributed by atoms with Gasteiger partial charge in [-0.25, -0.2) is 9.97 Å². The maximum atomic E-state index is 12.0. The summed E-state index contributed by atoms with van der Waals surface area (Å²) < 4.78 is 6.87. The molecule has 0 radical (unpaired) electrons. The molecule has 0 aliphatic heterocycles. The molecule has 1 aromatic carbocycles. The van der Waals surface area contributed by atoms with Gasteiger partial charge in [0.25, 0.3) is 0 Å². The lowest BCUT2D eigenvalue weighted by Gasteiger charge is -2.07. The number of pyridine rings is 2. The van der Waals surface area contributed by atoms with E-state index in [4.69, 9.17) is 21.3 Å². The van der Waals surface area contributed by atoms with E-state index in [-0.39, 0.29) is 24.2 Å². The number of nitrogens with zero attached hydrogens (tertiary/aromatic N) is 3. The first kappa shape index (κ1) is 29.1. The zero-order valence-electron chi connectivity index (χ0n) is 23.2. The fraction of sp³-hybridized carbons (Fsp3) is 0.355. The molecule has 0 spiro atoms. The molecule has 40 heavy (non-hydrogen) atoms. The average molecular weight is 562 g/mol. The quantitative estimate of drug-likeness (QED) is 0.234. The first-order chi connectivity index (χ1) is 19.5. The van der Waals surface area contributed by atoms with Gasteiger partial charge in [-0.2, -0.15) is 0 Å². The summed E-state index contributed by atoms with van der Waals surface area (Å²) in [5.41, 5.74) is 4.62. The first-order valence-corrected chi connectivity index (χ1v) is 14.1. The fourth-order valence-electron chi connectivity index (χ4n) is 4.12. The Balaban J connectivity index is 0.000000355. The molecule has 2 fully saturated rings. The number of rotatable bonds is 8. The first-order valence-electron chi connectivity index (χ1n) is 13.8. The maximum Gasteiger partial charge on any atom is 0.310 e. The number of hydrogen-bond donors (Lipinski definition) is 2. The molecule has 2 N–H and O–H groups in total. The number of carbonyl (C=O) groups is 2. The summed E-state index contributed by atoms with van der Waals surface area (Å²) in [6, 6.07) is 15.2. The molecule has 0 unspecified atom stereocenters. The van der Waals surface area contributed by atoms with Crippen LogP contribution >= 0.6 is 11.6 Å². The van der Waals surface area contributed by atoms with Gasteiger partial charge < -0.3 is 19.8 Å². The predicted octanol–water partition coefficient (Wildman–Crippen LogP) is 6.65. The van der Waals surface area contributed by atoms with Crippen molar-refractivity contribution in [3.05, 3.63) is 89.0 Å². The van der Waals surface area contributed by atoms with E-state index >= 15 is 0 Å². The number of nitrogens with one attached hydrogen (secondary N) is 2. The monoisotopic (exact) mass is 561 g/mol. The van der Waals surface area contributed by atoms with Gasteiger partial charge in [0.05, 0.1) is 25.8 Å². The Labute approximate surface area is 240 Å². The maximum absolute atomic E-state index is 12.0. The number of imidazole rings is 1. The van der Waals surface area contributed by atoms with Crippen molar-refractivity contribution in [2.24, 2.45) is 5.92 Å². The highest BCUT2D eigenvalue weighted by Crippen LogP contribution is 2.40. The Morgan fingerprint density at radius 1 is 1.05 bits per heavy atom. The molecule has 9 heteroatoms. The molecule has 6 rings (SSSR count). The molecule has 2 saturated carbocycles. The van der Waals surface area contributed by atoms with E-state index in [1.165, 1.54) is 25.5 Å². The molecule has 3 aromatic heterocycles. The van der Waals surface area contributed by atoms with Crippen molar-refractivity contribution in [1.82, 2.24) is 14.4 Å². The van der Waals surface area contributed by atoms with E-state index in [1.807, 2.05) is 66.9 Å². The zero-order valence-corrected chi connectivity index (χ0v) is 23.9. The van der Waals surface area contributed by atoms with Gasteiger partial charge in [-0.15, -0.1) is 0 Å². The summed E-state index contributed by atoms with van der Waals surface area (Å²) in [5, 5.41) is 7.00. The van der Waals surface area contributed by atoms with Crippen LogP contribution in [0.1, 0.15) is 62.3 Å². The molecule has 2 aliphatic rings. The summed E-state index contributed by atoms with van der Waals surface area (Å²) in [7, 11) is 1.40. The largest absolute Gasteiger partial charge is 0.469 e. The highest BCUT2D eigenvalue weighted by molar-refractivity contribution is 6.30. The predicted molar refractivity (Wildman–Crippen MR) is 159 cm³/mol. The van der Waals surface area contributed by atoms with Gasteiger partial charge in [0.15, 0.2) is 0 Å². The van der Waals surface area contributed by atoms with Crippen molar-refractivity contribution in [3.8, 4) is 0 Å². The Morgan fingerprint density at radius 2 is 1.80 bits per heavy atom. The van der Waals surface area contributed by atoms with E-state index in [0.29, 0.717) is 18.3 Å². The highest BCUT2D eigenvalue weighted by atomic mass is 35.5. The summed E-state index contributed by atoms with van der Waals surface area (Å²) in [6.45, 7) is 4.51. The lowest BCUT2D eigenvalue weighted by Crippen LogP contribution is -2.14. The number of amides is 1. The third kappa shape index (κ3) is 8.29. The van der Waals surface area contributed by atoms with Crippen LogP contribution < -0.4 is 10.6 Å². The van der Waals surface area contributed by atoms with Gasteiger partial charge >= 0.3 is 5.97 Å². The molecule has 0 atom stereocenters. The molecule has 8 nitrogen and oxygen atoms in total. The summed E-state index contributed by atoms with van der Waals surface area (Å²) in [4.78, 5) is 32.8. The van der Waals surface area contributed by atoms with Gasteiger partial charge in [-0.1, -0.05) is 43.6 Å². The van der Waals surface area contributed by atoms with Crippen LogP contribution in [0.25, 0.3) is 5.65 Å². The van der Waals surface area contributed by atoms with Crippen LogP contribution in [0.5, 0.6) is 0 Å². The van der Waals surface area contributed by atoms with Crippen LogP contribution in [0, 0.1) is 5.92 Å². The van der Waals surface area contributed by atoms with Crippen molar-refractivity contribution in [2.75, 3.05) is 17.7 Å². The molecule has 3 heterocycles. The smallest absolute Gasteiger partial charge is 0.310 e. The molecular formula is C31H36ClN5O3. The molecule has 210 valence electrons. The van der Waals surface area contributed by atoms with Crippen LogP contribution in [-0.2, 0) is 27.3 Å². The number of hydrogen-bond acceptors (Lipinski definition) is 6. The van der Waals surface area contributed by atoms with Crippen molar-refractivity contribution in [3.63, 3.8) is 0 Å². The normalized spacial score (nSPS) is 13.8. The summed E-state index contributed by atoms with van der Waals surface area (Å²) in [6.07, 6.45) is 10.3. The van der Waals surface area contributed by atoms with Crippen molar-refractivity contribution >= 4 is 40.6 Å². The number of halogens is 1. The third-order valence-corrected chi connectivity index (χ3v) is 6.73. The van der Waals surface area contributed by atoms with E-state index in [9.17, 15) is 9.59 Å². The van der Waals surface area contributed by atoms with Crippen LogP contribution in [0.3, 0.4) is 0 Å². The van der Waals surface area contributed by atoms with Crippen LogP contribution in [0.2, 0.25) is 5.02 Å². The minimum absolute atomic E-state index is 0.0367. The van der Waals surface area contributed by atoms with Crippen molar-refractivity contribution in [1.29, 1.82) is 0 Å². The number of fused-ring (bicyclic) bond motifs is 1. The number of aromatic nitrogens is 3. The lowest BCUT2D eigenvalue weighted by atomic mass is 10.1. The second-order valence-electron chi connectivity index (χ2n) is 9.63. The second kappa shape index (κ2) is 13.9. The summed E-state index contributed by atoms with van der Waals surface area (Å²) >= 11 is 5.54. The number of esters is 1. The number of ether oxygens (including phenoxy) is 1.